The first-order valence-electron chi connectivity index (χ1n) is 6.68. The minimum Gasteiger partial charge on any atom is -0.395 e. The molecule has 0 spiro atoms. The lowest BCUT2D eigenvalue weighted by Gasteiger charge is -2.31. The second-order valence-electron chi connectivity index (χ2n) is 5.28. The number of hydrogen-bond donors (Lipinski definition) is 2. The van der Waals surface area contributed by atoms with E-state index in [9.17, 15) is 5.11 Å². The third-order valence-electron chi connectivity index (χ3n) is 3.71. The van der Waals surface area contributed by atoms with E-state index in [0.29, 0.717) is 12.0 Å². The molecule has 2 unspecified atom stereocenters. The molecule has 3 heteroatoms. The van der Waals surface area contributed by atoms with Gasteiger partial charge in [-0.15, -0.1) is 0 Å². The molecule has 0 saturated heterocycles. The van der Waals surface area contributed by atoms with Gasteiger partial charge in [0.05, 0.1) is 12.7 Å². The van der Waals surface area contributed by atoms with E-state index in [1.807, 2.05) is 0 Å². The monoisotopic (exact) mass is 229 g/mol. The number of aliphatic hydroxyl groups excluding tert-OH is 2. The van der Waals surface area contributed by atoms with Crippen LogP contribution in [-0.4, -0.2) is 47.0 Å². The van der Waals surface area contributed by atoms with Crippen LogP contribution in [0.15, 0.2) is 0 Å². The summed E-state index contributed by atoms with van der Waals surface area (Å²) in [4.78, 5) is 2.28. The fourth-order valence-electron chi connectivity index (χ4n) is 2.57. The van der Waals surface area contributed by atoms with E-state index in [1.165, 1.54) is 19.3 Å². The lowest BCUT2D eigenvalue weighted by atomic mass is 9.96. The zero-order chi connectivity index (χ0) is 12.0. The normalized spacial score (nSPS) is 27.4. The summed E-state index contributed by atoms with van der Waals surface area (Å²) in [5, 5.41) is 19.1. The molecule has 0 aliphatic heterocycles. The zero-order valence-corrected chi connectivity index (χ0v) is 10.7. The van der Waals surface area contributed by atoms with Gasteiger partial charge in [-0.25, -0.2) is 0 Å². The summed E-state index contributed by atoms with van der Waals surface area (Å²) >= 11 is 0. The Morgan fingerprint density at radius 3 is 2.50 bits per heavy atom. The first-order chi connectivity index (χ1) is 7.65. The number of aliphatic hydroxyl groups is 2. The van der Waals surface area contributed by atoms with Crippen molar-refractivity contribution in [1.29, 1.82) is 0 Å². The fraction of sp³-hybridized carbons (Fsp3) is 1.00. The van der Waals surface area contributed by atoms with Crippen LogP contribution in [0.2, 0.25) is 0 Å². The van der Waals surface area contributed by atoms with Gasteiger partial charge in [-0.3, -0.25) is 4.90 Å². The molecule has 0 amide bonds. The molecule has 2 atom stereocenters. The Bertz CT molecular complexity index is 185. The molecule has 1 fully saturated rings. The highest BCUT2D eigenvalue weighted by atomic mass is 16.3. The standard InChI is InChI=1S/C13H27NO2/c1-11(2)14(8-9-15)10-12-6-4-3-5-7-13(12)16/h11-13,15-16H,3-10H2,1-2H3. The van der Waals surface area contributed by atoms with Crippen molar-refractivity contribution in [3.63, 3.8) is 0 Å². The minimum absolute atomic E-state index is 0.137. The van der Waals surface area contributed by atoms with E-state index in [2.05, 4.69) is 18.7 Å². The summed E-state index contributed by atoms with van der Waals surface area (Å²) < 4.78 is 0. The highest BCUT2D eigenvalue weighted by Gasteiger charge is 2.24. The molecule has 1 rings (SSSR count). The molecule has 0 aromatic rings. The molecular formula is C13H27NO2. The van der Waals surface area contributed by atoms with Gasteiger partial charge in [-0.1, -0.05) is 19.3 Å². The SMILES string of the molecule is CC(C)N(CCO)CC1CCCCCC1O. The molecule has 0 radical (unpaired) electrons. The van der Waals surface area contributed by atoms with Gasteiger partial charge >= 0.3 is 0 Å². The van der Waals surface area contributed by atoms with Crippen LogP contribution < -0.4 is 0 Å². The maximum atomic E-state index is 10.1. The highest BCUT2D eigenvalue weighted by Crippen LogP contribution is 2.24. The van der Waals surface area contributed by atoms with E-state index < -0.39 is 0 Å². The van der Waals surface area contributed by atoms with Gasteiger partial charge in [0, 0.05) is 19.1 Å². The molecule has 1 aliphatic carbocycles. The van der Waals surface area contributed by atoms with E-state index in [-0.39, 0.29) is 12.7 Å². The Balaban J connectivity index is 2.47. The Kier molecular flexibility index (Phi) is 6.32. The Morgan fingerprint density at radius 2 is 1.88 bits per heavy atom. The summed E-state index contributed by atoms with van der Waals surface area (Å²) in [6.07, 6.45) is 5.62. The summed E-state index contributed by atoms with van der Waals surface area (Å²) in [7, 11) is 0. The summed E-state index contributed by atoms with van der Waals surface area (Å²) in [6, 6.07) is 0.447. The van der Waals surface area contributed by atoms with Crippen LogP contribution in [0.1, 0.15) is 46.0 Å². The maximum absolute atomic E-state index is 10.1. The largest absolute Gasteiger partial charge is 0.395 e. The molecule has 0 bridgehead atoms. The summed E-state index contributed by atoms with van der Waals surface area (Å²) in [5.41, 5.74) is 0. The maximum Gasteiger partial charge on any atom is 0.0580 e. The van der Waals surface area contributed by atoms with Crippen molar-refractivity contribution in [1.82, 2.24) is 4.90 Å². The van der Waals surface area contributed by atoms with Gasteiger partial charge in [0.1, 0.15) is 0 Å². The van der Waals surface area contributed by atoms with E-state index in [0.717, 1.165) is 25.9 Å². The lowest BCUT2D eigenvalue weighted by Crippen LogP contribution is -2.40. The molecule has 1 aliphatic rings. The molecule has 16 heavy (non-hydrogen) atoms. The van der Waals surface area contributed by atoms with Crippen molar-refractivity contribution in [2.75, 3.05) is 19.7 Å². The Hall–Kier alpha value is -0.120. The van der Waals surface area contributed by atoms with Crippen molar-refractivity contribution in [2.45, 2.75) is 58.1 Å². The predicted molar refractivity (Wildman–Crippen MR) is 66.4 cm³/mol. The van der Waals surface area contributed by atoms with Gasteiger partial charge in [-0.05, 0) is 32.6 Å². The highest BCUT2D eigenvalue weighted by molar-refractivity contribution is 4.77. The van der Waals surface area contributed by atoms with Crippen molar-refractivity contribution in [3.05, 3.63) is 0 Å². The van der Waals surface area contributed by atoms with Crippen molar-refractivity contribution in [3.8, 4) is 0 Å². The third kappa shape index (κ3) is 4.40. The minimum atomic E-state index is -0.137. The number of hydrogen-bond acceptors (Lipinski definition) is 3. The summed E-state index contributed by atoms with van der Waals surface area (Å²) in [6.45, 7) is 6.17. The van der Waals surface area contributed by atoms with Crippen molar-refractivity contribution >= 4 is 0 Å². The van der Waals surface area contributed by atoms with Gasteiger partial charge in [0.2, 0.25) is 0 Å². The number of nitrogens with zero attached hydrogens (tertiary/aromatic N) is 1. The second-order valence-corrected chi connectivity index (χ2v) is 5.28. The Morgan fingerprint density at radius 1 is 1.19 bits per heavy atom. The molecule has 0 aromatic heterocycles. The third-order valence-corrected chi connectivity index (χ3v) is 3.71. The van der Waals surface area contributed by atoms with Crippen LogP contribution in [0.3, 0.4) is 0 Å². The van der Waals surface area contributed by atoms with E-state index >= 15 is 0 Å². The molecule has 0 aromatic carbocycles. The summed E-state index contributed by atoms with van der Waals surface area (Å²) in [5.74, 6) is 0.399. The molecule has 1 saturated carbocycles. The fourth-order valence-corrected chi connectivity index (χ4v) is 2.57. The van der Waals surface area contributed by atoms with E-state index in [4.69, 9.17) is 5.11 Å². The van der Waals surface area contributed by atoms with Crippen LogP contribution in [-0.2, 0) is 0 Å². The molecule has 96 valence electrons. The van der Waals surface area contributed by atoms with Gasteiger partial charge < -0.3 is 10.2 Å². The average molecular weight is 229 g/mol. The van der Waals surface area contributed by atoms with Gasteiger partial charge in [-0.2, -0.15) is 0 Å². The topological polar surface area (TPSA) is 43.7 Å². The average Bonchev–Trinajstić information content (AvgIpc) is 2.43. The lowest BCUT2D eigenvalue weighted by molar-refractivity contribution is 0.0581. The zero-order valence-electron chi connectivity index (χ0n) is 10.7. The smallest absolute Gasteiger partial charge is 0.0580 e. The first-order valence-corrected chi connectivity index (χ1v) is 6.68. The van der Waals surface area contributed by atoms with Crippen LogP contribution in [0, 0.1) is 5.92 Å². The van der Waals surface area contributed by atoms with Gasteiger partial charge in [0.15, 0.2) is 0 Å². The van der Waals surface area contributed by atoms with E-state index in [1.54, 1.807) is 0 Å². The number of rotatable bonds is 5. The first kappa shape index (κ1) is 13.9. The molecule has 0 heterocycles. The van der Waals surface area contributed by atoms with Crippen molar-refractivity contribution < 1.29 is 10.2 Å². The van der Waals surface area contributed by atoms with Crippen molar-refractivity contribution in [2.24, 2.45) is 5.92 Å². The Labute approximate surface area is 99.5 Å². The molecule has 2 N–H and O–H groups in total. The molecular weight excluding hydrogens is 202 g/mol. The molecule has 3 nitrogen and oxygen atoms in total. The van der Waals surface area contributed by atoms with Gasteiger partial charge in [0.25, 0.3) is 0 Å². The predicted octanol–water partition coefficient (Wildman–Crippen LogP) is 1.63. The second kappa shape index (κ2) is 7.25. The van der Waals surface area contributed by atoms with Crippen LogP contribution in [0.25, 0.3) is 0 Å². The quantitative estimate of drug-likeness (QED) is 0.704. The van der Waals surface area contributed by atoms with Crippen LogP contribution in [0.4, 0.5) is 0 Å². The van der Waals surface area contributed by atoms with Crippen LogP contribution in [0.5, 0.6) is 0 Å². The van der Waals surface area contributed by atoms with Crippen LogP contribution >= 0.6 is 0 Å².